The third kappa shape index (κ3) is 3.96. The Morgan fingerprint density at radius 2 is 1.84 bits per heavy atom. The van der Waals surface area contributed by atoms with Gasteiger partial charge in [0, 0.05) is 23.6 Å². The first-order chi connectivity index (χ1) is 15.4. The van der Waals surface area contributed by atoms with Gasteiger partial charge in [0.05, 0.1) is 16.3 Å². The van der Waals surface area contributed by atoms with Gasteiger partial charge >= 0.3 is 0 Å². The van der Waals surface area contributed by atoms with E-state index < -0.39 is 10.0 Å². The van der Waals surface area contributed by atoms with Crippen molar-refractivity contribution >= 4 is 33.4 Å². The van der Waals surface area contributed by atoms with E-state index in [1.165, 1.54) is 23.5 Å². The Bertz CT molecular complexity index is 1290. The van der Waals surface area contributed by atoms with Crippen LogP contribution in [-0.4, -0.2) is 36.2 Å². The lowest BCUT2D eigenvalue weighted by atomic mass is 10.0. The molecule has 0 fully saturated rings. The molecule has 2 aromatic carbocycles. The molecule has 0 radical (unpaired) electrons. The topological polar surface area (TPSA) is 98.3 Å². The fourth-order valence-corrected chi connectivity index (χ4v) is 5.97. The molecule has 0 saturated heterocycles. The SMILES string of the molecule is NS(=O)(=O)c1ccc2c(c1)CCN2C(=O)CSc1nc2c(n1-c1ccccc1)CCCC2. The third-order valence-electron chi connectivity index (χ3n) is 6.02. The van der Waals surface area contributed by atoms with Crippen LogP contribution in [-0.2, 0) is 34.1 Å². The van der Waals surface area contributed by atoms with Gasteiger partial charge in [-0.1, -0.05) is 30.0 Å². The molecule has 2 heterocycles. The van der Waals surface area contributed by atoms with Gasteiger partial charge in [-0.05, 0) is 68.0 Å². The van der Waals surface area contributed by atoms with Gasteiger partial charge in [-0.3, -0.25) is 9.36 Å². The first-order valence-electron chi connectivity index (χ1n) is 10.7. The van der Waals surface area contributed by atoms with Crippen molar-refractivity contribution in [1.29, 1.82) is 0 Å². The molecule has 5 rings (SSSR count). The molecular weight excluding hydrogens is 444 g/mol. The zero-order valence-electron chi connectivity index (χ0n) is 17.5. The highest BCUT2D eigenvalue weighted by Gasteiger charge is 2.27. The second-order valence-electron chi connectivity index (χ2n) is 8.09. The van der Waals surface area contributed by atoms with Crippen LogP contribution in [0, 0.1) is 0 Å². The highest BCUT2D eigenvalue weighted by atomic mass is 32.2. The zero-order chi connectivity index (χ0) is 22.3. The van der Waals surface area contributed by atoms with E-state index >= 15 is 0 Å². The zero-order valence-corrected chi connectivity index (χ0v) is 19.2. The van der Waals surface area contributed by atoms with Gasteiger partial charge in [-0.25, -0.2) is 18.5 Å². The normalized spacial score (nSPS) is 15.5. The molecule has 0 atom stereocenters. The fraction of sp³-hybridized carbons (Fsp3) is 0.304. The lowest BCUT2D eigenvalue weighted by Crippen LogP contribution is -2.30. The molecule has 2 N–H and O–H groups in total. The number of para-hydroxylation sites is 1. The molecule has 1 aliphatic carbocycles. The van der Waals surface area contributed by atoms with Gasteiger partial charge in [0.25, 0.3) is 0 Å². The number of benzene rings is 2. The summed E-state index contributed by atoms with van der Waals surface area (Å²) in [6.07, 6.45) is 4.88. The predicted molar refractivity (Wildman–Crippen MR) is 125 cm³/mol. The van der Waals surface area contributed by atoms with Crippen molar-refractivity contribution in [3.05, 3.63) is 65.5 Å². The van der Waals surface area contributed by atoms with Gasteiger partial charge in [0.15, 0.2) is 5.16 Å². The first kappa shape index (κ1) is 21.2. The van der Waals surface area contributed by atoms with Crippen molar-refractivity contribution in [2.75, 3.05) is 17.2 Å². The van der Waals surface area contributed by atoms with Gasteiger partial charge in [-0.2, -0.15) is 0 Å². The van der Waals surface area contributed by atoms with Gasteiger partial charge in [0.1, 0.15) is 0 Å². The number of primary sulfonamides is 1. The molecule has 3 aromatic rings. The Morgan fingerprint density at radius 3 is 2.62 bits per heavy atom. The van der Waals surface area contributed by atoms with Gasteiger partial charge in [0.2, 0.25) is 15.9 Å². The molecule has 1 aliphatic heterocycles. The van der Waals surface area contributed by atoms with Gasteiger partial charge in [-0.15, -0.1) is 0 Å². The maximum absolute atomic E-state index is 13.1. The maximum atomic E-state index is 13.1. The third-order valence-corrected chi connectivity index (χ3v) is 7.85. The monoisotopic (exact) mass is 468 g/mol. The van der Waals surface area contributed by atoms with Crippen LogP contribution in [0.3, 0.4) is 0 Å². The molecule has 166 valence electrons. The summed E-state index contributed by atoms with van der Waals surface area (Å²) in [5.74, 6) is 0.247. The van der Waals surface area contributed by atoms with Crippen LogP contribution in [0.4, 0.5) is 5.69 Å². The summed E-state index contributed by atoms with van der Waals surface area (Å²) in [6, 6.07) is 14.9. The van der Waals surface area contributed by atoms with E-state index in [-0.39, 0.29) is 16.6 Å². The Labute approximate surface area is 191 Å². The number of nitrogens with two attached hydrogens (primary N) is 1. The summed E-state index contributed by atoms with van der Waals surface area (Å²) in [7, 11) is -3.76. The summed E-state index contributed by atoms with van der Waals surface area (Å²) in [5, 5.41) is 6.09. The first-order valence-corrected chi connectivity index (χ1v) is 13.2. The van der Waals surface area contributed by atoms with E-state index in [9.17, 15) is 13.2 Å². The molecule has 0 saturated carbocycles. The lowest BCUT2D eigenvalue weighted by molar-refractivity contribution is -0.116. The molecule has 1 amide bonds. The van der Waals surface area contributed by atoms with Crippen LogP contribution >= 0.6 is 11.8 Å². The molecule has 2 aliphatic rings. The van der Waals surface area contributed by atoms with E-state index in [1.54, 1.807) is 17.0 Å². The Balaban J connectivity index is 1.38. The number of hydrogen-bond donors (Lipinski definition) is 1. The van der Waals surface area contributed by atoms with Crippen molar-refractivity contribution in [2.24, 2.45) is 5.14 Å². The second kappa shape index (κ2) is 8.38. The number of sulfonamides is 1. The summed E-state index contributed by atoms with van der Waals surface area (Å²) >= 11 is 1.46. The number of aryl methyl sites for hydroxylation is 1. The van der Waals surface area contributed by atoms with Crippen molar-refractivity contribution in [2.45, 2.75) is 42.2 Å². The summed E-state index contributed by atoms with van der Waals surface area (Å²) in [5.41, 5.74) is 5.04. The number of amides is 1. The minimum absolute atomic E-state index is 0.0160. The summed E-state index contributed by atoms with van der Waals surface area (Å²) in [6.45, 7) is 0.534. The number of carbonyl (C=O) groups is 1. The summed E-state index contributed by atoms with van der Waals surface area (Å²) < 4.78 is 25.4. The summed E-state index contributed by atoms with van der Waals surface area (Å²) in [4.78, 5) is 19.8. The minimum Gasteiger partial charge on any atom is -0.311 e. The maximum Gasteiger partial charge on any atom is 0.238 e. The molecule has 7 nitrogen and oxygen atoms in total. The minimum atomic E-state index is -3.76. The Kier molecular flexibility index (Phi) is 5.56. The number of nitrogens with zero attached hydrogens (tertiary/aromatic N) is 3. The van der Waals surface area contributed by atoms with Crippen molar-refractivity contribution in [3.8, 4) is 5.69 Å². The van der Waals surface area contributed by atoms with Crippen molar-refractivity contribution < 1.29 is 13.2 Å². The van der Waals surface area contributed by atoms with Crippen LogP contribution in [0.25, 0.3) is 5.69 Å². The molecule has 0 unspecified atom stereocenters. The molecule has 1 aromatic heterocycles. The van der Waals surface area contributed by atoms with Crippen LogP contribution < -0.4 is 10.0 Å². The number of rotatable bonds is 5. The number of thioether (sulfide) groups is 1. The highest BCUT2D eigenvalue weighted by Crippen LogP contribution is 2.33. The molecule has 32 heavy (non-hydrogen) atoms. The number of aromatic nitrogens is 2. The van der Waals surface area contributed by atoms with E-state index in [0.717, 1.165) is 53.5 Å². The molecular formula is C23H24N4O3S2. The average molecular weight is 469 g/mol. The standard InChI is InChI=1S/C23H24N4O3S2/c24-32(29,30)18-10-11-20-16(14-18)12-13-26(20)22(28)15-31-23-25-19-8-4-5-9-21(19)27(23)17-6-2-1-3-7-17/h1-3,6-7,10-11,14H,4-5,8-9,12-13,15H2,(H2,24,29,30). The number of imidazole rings is 1. The van der Waals surface area contributed by atoms with E-state index in [4.69, 9.17) is 10.1 Å². The molecule has 9 heteroatoms. The number of hydrogen-bond acceptors (Lipinski definition) is 5. The van der Waals surface area contributed by atoms with E-state index in [1.807, 2.05) is 18.2 Å². The Hall–Kier alpha value is -2.62. The number of fused-ring (bicyclic) bond motifs is 2. The van der Waals surface area contributed by atoms with Gasteiger partial charge < -0.3 is 4.90 Å². The average Bonchev–Trinajstić information content (AvgIpc) is 3.38. The fourth-order valence-electron chi connectivity index (χ4n) is 4.47. The second-order valence-corrected chi connectivity index (χ2v) is 10.6. The van der Waals surface area contributed by atoms with Crippen LogP contribution in [0.5, 0.6) is 0 Å². The van der Waals surface area contributed by atoms with Crippen LogP contribution in [0.1, 0.15) is 29.8 Å². The quantitative estimate of drug-likeness (QED) is 0.580. The lowest BCUT2D eigenvalue weighted by Gasteiger charge is -2.18. The highest BCUT2D eigenvalue weighted by molar-refractivity contribution is 7.99. The van der Waals surface area contributed by atoms with Crippen LogP contribution in [0.15, 0.2) is 58.6 Å². The largest absolute Gasteiger partial charge is 0.311 e. The molecule has 0 bridgehead atoms. The van der Waals surface area contributed by atoms with Crippen LogP contribution in [0.2, 0.25) is 0 Å². The van der Waals surface area contributed by atoms with E-state index in [2.05, 4.69) is 16.7 Å². The smallest absolute Gasteiger partial charge is 0.238 e. The van der Waals surface area contributed by atoms with Crippen molar-refractivity contribution in [1.82, 2.24) is 9.55 Å². The molecule has 0 spiro atoms. The Morgan fingerprint density at radius 1 is 1.06 bits per heavy atom. The predicted octanol–water partition coefficient (Wildman–Crippen LogP) is 3.08. The van der Waals surface area contributed by atoms with E-state index in [0.29, 0.717) is 13.0 Å². The number of carbonyl (C=O) groups excluding carboxylic acids is 1. The number of anilines is 1. The van der Waals surface area contributed by atoms with Crippen molar-refractivity contribution in [3.63, 3.8) is 0 Å².